The van der Waals surface area contributed by atoms with Crippen molar-refractivity contribution in [2.24, 2.45) is 5.73 Å². The molecule has 7 nitrogen and oxygen atoms in total. The molecule has 20 heavy (non-hydrogen) atoms. The van der Waals surface area contributed by atoms with Crippen LogP contribution in [-0.2, 0) is 13.0 Å². The summed E-state index contributed by atoms with van der Waals surface area (Å²) in [5.41, 5.74) is 6.52. The second-order valence-electron chi connectivity index (χ2n) is 4.34. The van der Waals surface area contributed by atoms with Crippen LogP contribution in [0.1, 0.15) is 27.8 Å². The van der Waals surface area contributed by atoms with Gasteiger partial charge in [0.25, 0.3) is 0 Å². The Morgan fingerprint density at radius 3 is 2.65 bits per heavy atom. The molecule has 0 radical (unpaired) electrons. The van der Waals surface area contributed by atoms with E-state index in [1.54, 1.807) is 12.1 Å². The highest BCUT2D eigenvalue weighted by Crippen LogP contribution is 2.16. The SMILES string of the molecule is NCCc1c(C(=O)O)nnn1CC(O)c1ccccc1. The van der Waals surface area contributed by atoms with Crippen molar-refractivity contribution in [3.63, 3.8) is 0 Å². The summed E-state index contributed by atoms with van der Waals surface area (Å²) in [6, 6.07) is 9.09. The van der Waals surface area contributed by atoms with E-state index in [2.05, 4.69) is 10.3 Å². The van der Waals surface area contributed by atoms with Crippen LogP contribution in [0.2, 0.25) is 0 Å². The average molecular weight is 276 g/mol. The number of carboxylic acids is 1. The summed E-state index contributed by atoms with van der Waals surface area (Å²) < 4.78 is 1.40. The fraction of sp³-hybridized carbons (Fsp3) is 0.308. The first-order chi connectivity index (χ1) is 9.63. The highest BCUT2D eigenvalue weighted by molar-refractivity contribution is 5.86. The summed E-state index contributed by atoms with van der Waals surface area (Å²) in [4.78, 5) is 11.0. The minimum Gasteiger partial charge on any atom is -0.476 e. The van der Waals surface area contributed by atoms with Gasteiger partial charge in [0.15, 0.2) is 5.69 Å². The lowest BCUT2D eigenvalue weighted by molar-refractivity contribution is 0.0688. The molecule has 0 spiro atoms. The van der Waals surface area contributed by atoms with E-state index in [4.69, 9.17) is 10.8 Å². The van der Waals surface area contributed by atoms with E-state index in [0.717, 1.165) is 5.56 Å². The molecule has 4 N–H and O–H groups in total. The fourth-order valence-electron chi connectivity index (χ4n) is 1.97. The largest absolute Gasteiger partial charge is 0.476 e. The van der Waals surface area contributed by atoms with E-state index in [1.165, 1.54) is 4.68 Å². The number of nitrogens with zero attached hydrogens (tertiary/aromatic N) is 3. The molecule has 0 aliphatic rings. The van der Waals surface area contributed by atoms with Gasteiger partial charge < -0.3 is 15.9 Å². The number of aromatic carboxylic acids is 1. The monoisotopic (exact) mass is 276 g/mol. The molecule has 106 valence electrons. The number of carboxylic acid groups (broad SMARTS) is 1. The molecular weight excluding hydrogens is 260 g/mol. The fourth-order valence-corrected chi connectivity index (χ4v) is 1.97. The van der Waals surface area contributed by atoms with Crippen LogP contribution >= 0.6 is 0 Å². The molecule has 0 bridgehead atoms. The third kappa shape index (κ3) is 3.01. The summed E-state index contributed by atoms with van der Waals surface area (Å²) in [5.74, 6) is -1.14. The Kier molecular flexibility index (Phi) is 4.44. The predicted molar refractivity (Wildman–Crippen MR) is 71.1 cm³/mol. The molecule has 1 aromatic heterocycles. The molecule has 0 aliphatic heterocycles. The van der Waals surface area contributed by atoms with Crippen LogP contribution in [0.5, 0.6) is 0 Å². The number of aliphatic hydroxyl groups is 1. The first-order valence-corrected chi connectivity index (χ1v) is 6.22. The third-order valence-corrected chi connectivity index (χ3v) is 2.95. The molecule has 0 amide bonds. The summed E-state index contributed by atoms with van der Waals surface area (Å²) in [7, 11) is 0. The molecule has 2 rings (SSSR count). The van der Waals surface area contributed by atoms with Gasteiger partial charge >= 0.3 is 5.97 Å². The van der Waals surface area contributed by atoms with E-state index in [0.29, 0.717) is 12.1 Å². The van der Waals surface area contributed by atoms with Crippen molar-refractivity contribution in [3.8, 4) is 0 Å². The molecule has 0 fully saturated rings. The van der Waals surface area contributed by atoms with Crippen molar-refractivity contribution >= 4 is 5.97 Å². The van der Waals surface area contributed by atoms with Crippen molar-refractivity contribution in [1.29, 1.82) is 0 Å². The lowest BCUT2D eigenvalue weighted by atomic mass is 10.1. The molecule has 0 saturated carbocycles. The van der Waals surface area contributed by atoms with Crippen molar-refractivity contribution in [2.45, 2.75) is 19.1 Å². The van der Waals surface area contributed by atoms with Gasteiger partial charge in [0.2, 0.25) is 0 Å². The van der Waals surface area contributed by atoms with Crippen LogP contribution in [0.4, 0.5) is 0 Å². The van der Waals surface area contributed by atoms with Crippen molar-refractivity contribution in [1.82, 2.24) is 15.0 Å². The van der Waals surface area contributed by atoms with E-state index < -0.39 is 12.1 Å². The van der Waals surface area contributed by atoms with Gasteiger partial charge in [-0.25, -0.2) is 9.48 Å². The Hall–Kier alpha value is -2.25. The van der Waals surface area contributed by atoms with Crippen molar-refractivity contribution in [3.05, 3.63) is 47.3 Å². The summed E-state index contributed by atoms with van der Waals surface area (Å²) >= 11 is 0. The van der Waals surface area contributed by atoms with Gasteiger partial charge in [0, 0.05) is 6.42 Å². The Balaban J connectivity index is 2.23. The minimum absolute atomic E-state index is 0.115. The predicted octanol–water partition coefficient (Wildman–Crippen LogP) is 0.211. The first kappa shape index (κ1) is 14.2. The Bertz CT molecular complexity index is 583. The molecule has 1 heterocycles. The quantitative estimate of drug-likeness (QED) is 0.695. The molecule has 0 saturated heterocycles. The van der Waals surface area contributed by atoms with E-state index in [1.807, 2.05) is 18.2 Å². The van der Waals surface area contributed by atoms with Crippen molar-refractivity contribution < 1.29 is 15.0 Å². The maximum absolute atomic E-state index is 11.0. The molecule has 7 heteroatoms. The summed E-state index contributed by atoms with van der Waals surface area (Å²) in [5, 5.41) is 26.6. The van der Waals surface area contributed by atoms with Gasteiger partial charge in [-0.2, -0.15) is 0 Å². The summed E-state index contributed by atoms with van der Waals surface area (Å²) in [6.07, 6.45) is -0.438. The zero-order valence-corrected chi connectivity index (χ0v) is 10.8. The van der Waals surface area contributed by atoms with Gasteiger partial charge in [-0.15, -0.1) is 5.10 Å². The molecular formula is C13H16N4O3. The third-order valence-electron chi connectivity index (χ3n) is 2.95. The number of hydrogen-bond acceptors (Lipinski definition) is 5. The smallest absolute Gasteiger partial charge is 0.358 e. The van der Waals surface area contributed by atoms with Crippen LogP contribution in [-0.4, -0.2) is 37.7 Å². The van der Waals surface area contributed by atoms with Gasteiger partial charge in [-0.05, 0) is 12.1 Å². The van der Waals surface area contributed by atoms with Crippen LogP contribution in [0, 0.1) is 0 Å². The molecule has 2 aromatic rings. The Morgan fingerprint density at radius 2 is 2.05 bits per heavy atom. The average Bonchev–Trinajstić information content (AvgIpc) is 2.83. The summed E-state index contributed by atoms with van der Waals surface area (Å²) in [6.45, 7) is 0.425. The normalized spacial score (nSPS) is 12.3. The van der Waals surface area contributed by atoms with Gasteiger partial charge in [0.05, 0.1) is 18.3 Å². The maximum Gasteiger partial charge on any atom is 0.358 e. The number of aliphatic hydroxyl groups excluding tert-OH is 1. The number of nitrogens with two attached hydrogens (primary N) is 1. The number of hydrogen-bond donors (Lipinski definition) is 3. The van der Waals surface area contributed by atoms with Crippen LogP contribution in [0.25, 0.3) is 0 Å². The zero-order chi connectivity index (χ0) is 14.5. The van der Waals surface area contributed by atoms with Gasteiger partial charge in [-0.3, -0.25) is 0 Å². The number of aromatic nitrogens is 3. The Morgan fingerprint density at radius 1 is 1.35 bits per heavy atom. The highest BCUT2D eigenvalue weighted by Gasteiger charge is 2.20. The maximum atomic E-state index is 11.0. The van der Waals surface area contributed by atoms with E-state index >= 15 is 0 Å². The first-order valence-electron chi connectivity index (χ1n) is 6.22. The lowest BCUT2D eigenvalue weighted by Crippen LogP contribution is -2.16. The molecule has 1 aromatic carbocycles. The van der Waals surface area contributed by atoms with Crippen LogP contribution in [0.15, 0.2) is 30.3 Å². The van der Waals surface area contributed by atoms with Crippen LogP contribution in [0.3, 0.4) is 0 Å². The number of carbonyl (C=O) groups is 1. The van der Waals surface area contributed by atoms with Crippen LogP contribution < -0.4 is 5.73 Å². The second-order valence-corrected chi connectivity index (χ2v) is 4.34. The molecule has 1 atom stereocenters. The standard InChI is InChI=1S/C13H16N4O3/c14-7-6-10-12(13(19)20)15-16-17(10)8-11(18)9-4-2-1-3-5-9/h1-5,11,18H,6-8,14H2,(H,19,20). The molecule has 1 unspecified atom stereocenters. The van der Waals surface area contributed by atoms with E-state index in [9.17, 15) is 9.90 Å². The van der Waals surface area contributed by atoms with Gasteiger partial charge in [-0.1, -0.05) is 35.5 Å². The minimum atomic E-state index is -1.14. The van der Waals surface area contributed by atoms with Gasteiger partial charge in [0.1, 0.15) is 0 Å². The highest BCUT2D eigenvalue weighted by atomic mass is 16.4. The Labute approximate surface area is 115 Å². The van der Waals surface area contributed by atoms with Crippen molar-refractivity contribution in [2.75, 3.05) is 6.54 Å². The number of benzene rings is 1. The molecule has 0 aliphatic carbocycles. The second kappa shape index (κ2) is 6.27. The lowest BCUT2D eigenvalue weighted by Gasteiger charge is -2.12. The number of rotatable bonds is 6. The van der Waals surface area contributed by atoms with E-state index in [-0.39, 0.29) is 18.8 Å². The topological polar surface area (TPSA) is 114 Å². The zero-order valence-electron chi connectivity index (χ0n) is 10.8.